The van der Waals surface area contributed by atoms with Gasteiger partial charge in [0, 0.05) is 5.69 Å². The molecule has 0 aliphatic heterocycles. The second kappa shape index (κ2) is 8.26. The minimum atomic E-state index is -0.739. The standard InChI is InChI=1S/C20H15F2N3O3/c1-28-20(27)12-5-7-13(8-6-12)25-19(26)17-10-9-14(11-23-17)24-18-15(21)3-2-4-16(18)22/h2-11,24H,1H3,(H,25,26). The molecule has 0 spiro atoms. The summed E-state index contributed by atoms with van der Waals surface area (Å²) >= 11 is 0. The lowest BCUT2D eigenvalue weighted by atomic mass is 10.2. The van der Waals surface area contributed by atoms with E-state index in [9.17, 15) is 18.4 Å². The molecule has 0 saturated heterocycles. The summed E-state index contributed by atoms with van der Waals surface area (Å²) in [6.07, 6.45) is 1.29. The number of carbonyl (C=O) groups is 2. The molecular formula is C20H15F2N3O3. The number of pyridine rings is 1. The van der Waals surface area contributed by atoms with E-state index < -0.39 is 23.5 Å². The summed E-state index contributed by atoms with van der Waals surface area (Å²) in [6, 6.07) is 12.6. The molecule has 0 unspecified atom stereocenters. The Morgan fingerprint density at radius 1 is 0.929 bits per heavy atom. The number of hydrogen-bond donors (Lipinski definition) is 2. The number of halogens is 2. The minimum Gasteiger partial charge on any atom is -0.465 e. The predicted octanol–water partition coefficient (Wildman–Crippen LogP) is 4.14. The van der Waals surface area contributed by atoms with E-state index in [1.807, 2.05) is 0 Å². The number of amides is 1. The lowest BCUT2D eigenvalue weighted by Crippen LogP contribution is -2.14. The third-order valence-corrected chi connectivity index (χ3v) is 3.79. The Morgan fingerprint density at radius 3 is 2.14 bits per heavy atom. The van der Waals surface area contributed by atoms with Crippen molar-refractivity contribution in [3.05, 3.63) is 83.7 Å². The Kier molecular flexibility index (Phi) is 5.59. The van der Waals surface area contributed by atoms with Gasteiger partial charge in [-0.1, -0.05) is 6.07 Å². The summed E-state index contributed by atoms with van der Waals surface area (Å²) < 4.78 is 31.9. The van der Waals surface area contributed by atoms with Crippen LogP contribution in [0.2, 0.25) is 0 Å². The summed E-state index contributed by atoms with van der Waals surface area (Å²) in [5.74, 6) is -2.43. The van der Waals surface area contributed by atoms with E-state index in [0.717, 1.165) is 12.1 Å². The number of nitrogens with zero attached hydrogens (tertiary/aromatic N) is 1. The number of benzene rings is 2. The van der Waals surface area contributed by atoms with Gasteiger partial charge >= 0.3 is 5.97 Å². The Balaban J connectivity index is 1.67. The van der Waals surface area contributed by atoms with Crippen molar-refractivity contribution in [2.75, 3.05) is 17.7 Å². The van der Waals surface area contributed by atoms with E-state index in [1.54, 1.807) is 12.1 Å². The highest BCUT2D eigenvalue weighted by atomic mass is 19.1. The maximum absolute atomic E-state index is 13.7. The van der Waals surface area contributed by atoms with Crippen LogP contribution in [-0.2, 0) is 4.74 Å². The van der Waals surface area contributed by atoms with Crippen LogP contribution >= 0.6 is 0 Å². The molecule has 0 saturated carbocycles. The number of rotatable bonds is 5. The summed E-state index contributed by atoms with van der Waals surface area (Å²) in [7, 11) is 1.28. The normalized spacial score (nSPS) is 10.2. The fourth-order valence-corrected chi connectivity index (χ4v) is 2.37. The molecule has 28 heavy (non-hydrogen) atoms. The number of hydrogen-bond acceptors (Lipinski definition) is 5. The zero-order chi connectivity index (χ0) is 20.1. The molecule has 8 heteroatoms. The van der Waals surface area contributed by atoms with E-state index in [2.05, 4.69) is 20.4 Å². The largest absolute Gasteiger partial charge is 0.465 e. The Labute approximate surface area is 159 Å². The van der Waals surface area contributed by atoms with Gasteiger partial charge < -0.3 is 15.4 Å². The van der Waals surface area contributed by atoms with Crippen LogP contribution < -0.4 is 10.6 Å². The molecule has 6 nitrogen and oxygen atoms in total. The van der Waals surface area contributed by atoms with Gasteiger partial charge in [-0.05, 0) is 48.5 Å². The first-order chi connectivity index (χ1) is 13.5. The Bertz CT molecular complexity index is 986. The molecule has 1 amide bonds. The maximum Gasteiger partial charge on any atom is 0.337 e. The first kappa shape index (κ1) is 19.0. The lowest BCUT2D eigenvalue weighted by Gasteiger charge is -2.09. The smallest absolute Gasteiger partial charge is 0.337 e. The van der Waals surface area contributed by atoms with Gasteiger partial charge in [0.1, 0.15) is 23.0 Å². The van der Waals surface area contributed by atoms with Crippen LogP contribution in [0.3, 0.4) is 0 Å². The molecule has 1 aromatic heterocycles. The molecule has 142 valence electrons. The lowest BCUT2D eigenvalue weighted by molar-refractivity contribution is 0.0600. The van der Waals surface area contributed by atoms with Gasteiger partial charge in [-0.15, -0.1) is 0 Å². The number of carbonyl (C=O) groups excluding carboxylic acids is 2. The number of aromatic nitrogens is 1. The molecule has 2 N–H and O–H groups in total. The van der Waals surface area contributed by atoms with Gasteiger partial charge in [0.2, 0.25) is 0 Å². The quantitative estimate of drug-likeness (QED) is 0.647. The molecule has 0 bridgehead atoms. The van der Waals surface area contributed by atoms with Crippen LogP contribution in [0, 0.1) is 11.6 Å². The van der Waals surface area contributed by atoms with Crippen LogP contribution in [0.25, 0.3) is 0 Å². The van der Waals surface area contributed by atoms with E-state index in [-0.39, 0.29) is 11.4 Å². The molecule has 3 aromatic rings. The van der Waals surface area contributed by atoms with Gasteiger partial charge in [-0.2, -0.15) is 0 Å². The van der Waals surface area contributed by atoms with Crippen molar-refractivity contribution in [1.82, 2.24) is 4.98 Å². The first-order valence-corrected chi connectivity index (χ1v) is 8.15. The van der Waals surface area contributed by atoms with Crippen molar-refractivity contribution in [1.29, 1.82) is 0 Å². The molecular weight excluding hydrogens is 368 g/mol. The van der Waals surface area contributed by atoms with Crippen LogP contribution in [0.1, 0.15) is 20.8 Å². The van der Waals surface area contributed by atoms with Crippen molar-refractivity contribution in [2.45, 2.75) is 0 Å². The first-order valence-electron chi connectivity index (χ1n) is 8.15. The van der Waals surface area contributed by atoms with Crippen LogP contribution in [0.15, 0.2) is 60.8 Å². The number of anilines is 3. The molecule has 0 aliphatic rings. The van der Waals surface area contributed by atoms with Crippen molar-refractivity contribution in [2.24, 2.45) is 0 Å². The summed E-state index contributed by atoms with van der Waals surface area (Å²) in [6.45, 7) is 0. The van der Waals surface area contributed by atoms with Gasteiger partial charge in [0.05, 0.1) is 24.6 Å². The highest BCUT2D eigenvalue weighted by Crippen LogP contribution is 2.22. The fourth-order valence-electron chi connectivity index (χ4n) is 2.37. The average molecular weight is 383 g/mol. The topological polar surface area (TPSA) is 80.3 Å². The second-order valence-electron chi connectivity index (χ2n) is 5.68. The summed E-state index contributed by atoms with van der Waals surface area (Å²) in [4.78, 5) is 27.7. The SMILES string of the molecule is COC(=O)c1ccc(NC(=O)c2ccc(Nc3c(F)cccc3F)cn2)cc1. The number of methoxy groups -OCH3 is 1. The number of nitrogens with one attached hydrogen (secondary N) is 2. The number of ether oxygens (including phenoxy) is 1. The van der Waals surface area contributed by atoms with Gasteiger partial charge in [0.15, 0.2) is 0 Å². The van der Waals surface area contributed by atoms with Crippen LogP contribution in [0.4, 0.5) is 25.8 Å². The van der Waals surface area contributed by atoms with Gasteiger partial charge in [0.25, 0.3) is 5.91 Å². The number of esters is 1. The minimum absolute atomic E-state index is 0.108. The summed E-state index contributed by atoms with van der Waals surface area (Å²) in [5.41, 5.74) is 0.955. The van der Waals surface area contributed by atoms with E-state index >= 15 is 0 Å². The molecule has 3 rings (SSSR count). The van der Waals surface area contributed by atoms with Crippen molar-refractivity contribution in [3.8, 4) is 0 Å². The molecule has 0 fully saturated rings. The zero-order valence-corrected chi connectivity index (χ0v) is 14.7. The van der Waals surface area contributed by atoms with Crippen molar-refractivity contribution >= 4 is 28.9 Å². The monoisotopic (exact) mass is 383 g/mol. The van der Waals surface area contributed by atoms with E-state index in [0.29, 0.717) is 16.9 Å². The van der Waals surface area contributed by atoms with Gasteiger partial charge in [-0.3, -0.25) is 4.79 Å². The molecule has 1 heterocycles. The van der Waals surface area contributed by atoms with Crippen LogP contribution in [0.5, 0.6) is 0 Å². The Hall–Kier alpha value is -3.81. The van der Waals surface area contributed by atoms with Crippen molar-refractivity contribution < 1.29 is 23.1 Å². The zero-order valence-electron chi connectivity index (χ0n) is 14.7. The van der Waals surface area contributed by atoms with Crippen LogP contribution in [-0.4, -0.2) is 24.0 Å². The summed E-state index contributed by atoms with van der Waals surface area (Å²) in [5, 5.41) is 5.23. The van der Waals surface area contributed by atoms with E-state index in [4.69, 9.17) is 0 Å². The Morgan fingerprint density at radius 2 is 1.57 bits per heavy atom. The molecule has 0 radical (unpaired) electrons. The molecule has 2 aromatic carbocycles. The third-order valence-electron chi connectivity index (χ3n) is 3.79. The average Bonchev–Trinajstić information content (AvgIpc) is 2.71. The highest BCUT2D eigenvalue weighted by Gasteiger charge is 2.11. The van der Waals surface area contributed by atoms with Crippen molar-refractivity contribution in [3.63, 3.8) is 0 Å². The fraction of sp³-hybridized carbons (Fsp3) is 0.0500. The van der Waals surface area contributed by atoms with E-state index in [1.165, 1.54) is 43.6 Å². The molecule has 0 atom stereocenters. The highest BCUT2D eigenvalue weighted by molar-refractivity contribution is 6.03. The predicted molar refractivity (Wildman–Crippen MR) is 99.6 cm³/mol. The number of para-hydroxylation sites is 1. The van der Waals surface area contributed by atoms with Gasteiger partial charge in [-0.25, -0.2) is 18.6 Å². The third kappa shape index (κ3) is 4.29. The molecule has 0 aliphatic carbocycles. The maximum atomic E-state index is 13.7. The second-order valence-corrected chi connectivity index (χ2v) is 5.68.